The van der Waals surface area contributed by atoms with Crippen LogP contribution >= 0.6 is 0 Å². The third kappa shape index (κ3) is 0.634. The summed E-state index contributed by atoms with van der Waals surface area (Å²) in [6, 6.07) is 1.37. The minimum atomic E-state index is 0.684. The Bertz CT molecular complexity index is 106. The van der Waals surface area contributed by atoms with Crippen molar-refractivity contribution in [2.45, 2.75) is 31.3 Å². The fraction of sp³-hybridized carbons (Fsp3) is 1.00. The van der Waals surface area contributed by atoms with Gasteiger partial charge in [-0.05, 0) is 19.3 Å². The maximum absolute atomic E-state index is 4.14. The standard InChI is InChI=1S/C7H14N2/c8-6-4-1-2-5(3-4)7(6)9/h4-7H,1-3,8-9H2/p+2/t4-,5+,6-,7-/m0/s1. The highest BCUT2D eigenvalue weighted by Crippen LogP contribution is 2.41. The van der Waals surface area contributed by atoms with Gasteiger partial charge in [-0.15, -0.1) is 0 Å². The summed E-state index contributed by atoms with van der Waals surface area (Å²) < 4.78 is 0. The molecule has 0 aliphatic heterocycles. The van der Waals surface area contributed by atoms with Gasteiger partial charge in [0.1, 0.15) is 12.1 Å². The fourth-order valence-electron chi connectivity index (χ4n) is 2.53. The van der Waals surface area contributed by atoms with E-state index in [1.807, 2.05) is 0 Å². The number of rotatable bonds is 0. The summed E-state index contributed by atoms with van der Waals surface area (Å²) in [6.07, 6.45) is 4.30. The Balaban J connectivity index is 2.15. The van der Waals surface area contributed by atoms with Crippen molar-refractivity contribution in [3.8, 4) is 0 Å². The summed E-state index contributed by atoms with van der Waals surface area (Å²) in [6.45, 7) is 0. The van der Waals surface area contributed by atoms with Crippen LogP contribution in [-0.4, -0.2) is 12.1 Å². The van der Waals surface area contributed by atoms with Gasteiger partial charge in [-0.3, -0.25) is 0 Å². The highest BCUT2D eigenvalue weighted by atomic mass is 14.8. The average Bonchev–Trinajstić information content (AvgIpc) is 2.37. The van der Waals surface area contributed by atoms with Gasteiger partial charge in [-0.1, -0.05) is 0 Å². The van der Waals surface area contributed by atoms with E-state index in [1.54, 1.807) is 0 Å². The van der Waals surface area contributed by atoms with Crippen LogP contribution < -0.4 is 11.5 Å². The predicted molar refractivity (Wildman–Crippen MR) is 34.2 cm³/mol. The quantitative estimate of drug-likeness (QED) is 0.405. The van der Waals surface area contributed by atoms with Gasteiger partial charge < -0.3 is 11.5 Å². The first kappa shape index (κ1) is 5.69. The molecule has 2 aliphatic rings. The zero-order valence-electron chi connectivity index (χ0n) is 5.84. The lowest BCUT2D eigenvalue weighted by Gasteiger charge is -2.17. The Kier molecular flexibility index (Phi) is 1.08. The third-order valence-electron chi connectivity index (χ3n) is 3.27. The molecule has 6 N–H and O–H groups in total. The lowest BCUT2D eigenvalue weighted by molar-refractivity contribution is -0.536. The summed E-state index contributed by atoms with van der Waals surface area (Å²) in [4.78, 5) is 0. The second-order valence-electron chi connectivity index (χ2n) is 3.66. The van der Waals surface area contributed by atoms with Crippen LogP contribution in [0.4, 0.5) is 0 Å². The van der Waals surface area contributed by atoms with E-state index in [0.29, 0.717) is 12.1 Å². The Morgan fingerprint density at radius 1 is 0.889 bits per heavy atom. The zero-order chi connectivity index (χ0) is 6.43. The minimum Gasteiger partial charge on any atom is -0.350 e. The molecule has 0 amide bonds. The van der Waals surface area contributed by atoms with E-state index in [9.17, 15) is 0 Å². The molecule has 0 radical (unpaired) electrons. The van der Waals surface area contributed by atoms with Gasteiger partial charge in [0.15, 0.2) is 0 Å². The lowest BCUT2D eigenvalue weighted by Crippen LogP contribution is -2.81. The maximum atomic E-state index is 4.14. The Morgan fingerprint density at radius 2 is 1.33 bits per heavy atom. The highest BCUT2D eigenvalue weighted by Gasteiger charge is 2.49. The first-order valence-corrected chi connectivity index (χ1v) is 3.95. The van der Waals surface area contributed by atoms with E-state index >= 15 is 0 Å². The van der Waals surface area contributed by atoms with Crippen molar-refractivity contribution < 1.29 is 11.5 Å². The van der Waals surface area contributed by atoms with E-state index in [4.69, 9.17) is 0 Å². The van der Waals surface area contributed by atoms with Gasteiger partial charge in [-0.2, -0.15) is 0 Å². The molecule has 0 saturated heterocycles. The third-order valence-corrected chi connectivity index (χ3v) is 3.27. The molecule has 2 fully saturated rings. The van der Waals surface area contributed by atoms with Crippen LogP contribution in [0.25, 0.3) is 0 Å². The Labute approximate surface area is 55.6 Å². The number of fused-ring (bicyclic) bond motifs is 2. The van der Waals surface area contributed by atoms with Crippen LogP contribution in [0.1, 0.15) is 19.3 Å². The average molecular weight is 128 g/mol. The molecule has 0 unspecified atom stereocenters. The Morgan fingerprint density at radius 3 is 1.56 bits per heavy atom. The normalized spacial score (nSPS) is 56.7. The predicted octanol–water partition coefficient (Wildman–Crippen LogP) is -1.36. The first-order valence-electron chi connectivity index (χ1n) is 3.95. The molecular weight excluding hydrogens is 112 g/mol. The molecule has 0 heterocycles. The SMILES string of the molecule is [NH3+][C@H]1[C@@H]2CC[C@@H](C2)[C@@H]1[NH3+]. The van der Waals surface area contributed by atoms with Crippen molar-refractivity contribution in [2.24, 2.45) is 11.8 Å². The summed E-state index contributed by atoms with van der Waals surface area (Å²) >= 11 is 0. The second-order valence-corrected chi connectivity index (χ2v) is 3.66. The first-order chi connectivity index (χ1) is 4.29. The molecular formula is C7H16N2+2. The van der Waals surface area contributed by atoms with Gasteiger partial charge in [0.25, 0.3) is 0 Å². The molecule has 2 saturated carbocycles. The minimum absolute atomic E-state index is 0.684. The van der Waals surface area contributed by atoms with Gasteiger partial charge >= 0.3 is 0 Å². The summed E-state index contributed by atoms with van der Waals surface area (Å²) in [5.74, 6) is 1.88. The molecule has 2 aliphatic carbocycles. The fourth-order valence-corrected chi connectivity index (χ4v) is 2.53. The van der Waals surface area contributed by atoms with Crippen LogP contribution in [0, 0.1) is 11.8 Å². The van der Waals surface area contributed by atoms with E-state index < -0.39 is 0 Å². The molecule has 2 rings (SSSR count). The van der Waals surface area contributed by atoms with Crippen LogP contribution in [-0.2, 0) is 0 Å². The topological polar surface area (TPSA) is 55.3 Å². The van der Waals surface area contributed by atoms with Gasteiger partial charge in [0.05, 0.1) is 0 Å². The molecule has 52 valence electrons. The molecule has 2 bridgehead atoms. The maximum Gasteiger partial charge on any atom is 0.140 e. The van der Waals surface area contributed by atoms with Gasteiger partial charge in [-0.25, -0.2) is 0 Å². The van der Waals surface area contributed by atoms with Crippen LogP contribution in [0.2, 0.25) is 0 Å². The summed E-state index contributed by atoms with van der Waals surface area (Å²) in [5.41, 5.74) is 8.28. The van der Waals surface area contributed by atoms with E-state index in [1.165, 1.54) is 19.3 Å². The lowest BCUT2D eigenvalue weighted by atomic mass is 9.92. The molecule has 0 aromatic rings. The van der Waals surface area contributed by atoms with E-state index in [2.05, 4.69) is 11.5 Å². The van der Waals surface area contributed by atoms with Crippen molar-refractivity contribution in [3.05, 3.63) is 0 Å². The Hall–Kier alpha value is -0.0800. The van der Waals surface area contributed by atoms with Crippen molar-refractivity contribution in [1.82, 2.24) is 0 Å². The monoisotopic (exact) mass is 128 g/mol. The molecule has 2 nitrogen and oxygen atoms in total. The van der Waals surface area contributed by atoms with Crippen molar-refractivity contribution >= 4 is 0 Å². The van der Waals surface area contributed by atoms with Gasteiger partial charge in [0.2, 0.25) is 0 Å². The molecule has 0 spiro atoms. The number of hydrogen-bond acceptors (Lipinski definition) is 0. The van der Waals surface area contributed by atoms with E-state index in [-0.39, 0.29) is 0 Å². The summed E-state index contributed by atoms with van der Waals surface area (Å²) in [7, 11) is 0. The van der Waals surface area contributed by atoms with Crippen molar-refractivity contribution in [1.29, 1.82) is 0 Å². The van der Waals surface area contributed by atoms with Gasteiger partial charge in [0, 0.05) is 11.8 Å². The number of quaternary nitrogens is 2. The molecule has 4 atom stereocenters. The second kappa shape index (κ2) is 1.70. The molecule has 0 aromatic carbocycles. The number of hydrogen-bond donors (Lipinski definition) is 2. The molecule has 9 heavy (non-hydrogen) atoms. The summed E-state index contributed by atoms with van der Waals surface area (Å²) in [5, 5.41) is 0. The zero-order valence-corrected chi connectivity index (χ0v) is 5.84. The van der Waals surface area contributed by atoms with Crippen molar-refractivity contribution in [3.63, 3.8) is 0 Å². The van der Waals surface area contributed by atoms with Crippen LogP contribution in [0.5, 0.6) is 0 Å². The smallest absolute Gasteiger partial charge is 0.140 e. The van der Waals surface area contributed by atoms with E-state index in [0.717, 1.165) is 11.8 Å². The largest absolute Gasteiger partial charge is 0.350 e. The van der Waals surface area contributed by atoms with Crippen molar-refractivity contribution in [2.75, 3.05) is 0 Å². The van der Waals surface area contributed by atoms with Crippen LogP contribution in [0.3, 0.4) is 0 Å². The molecule has 2 heteroatoms. The molecule has 0 aromatic heterocycles. The van der Waals surface area contributed by atoms with Crippen LogP contribution in [0.15, 0.2) is 0 Å². The highest BCUT2D eigenvalue weighted by molar-refractivity contribution is 4.95.